The van der Waals surface area contributed by atoms with Crippen LogP contribution in [0.25, 0.3) is 0 Å². The highest BCUT2D eigenvalue weighted by atomic mass is 19.4. The second-order valence-corrected chi connectivity index (χ2v) is 6.74. The van der Waals surface area contributed by atoms with E-state index in [2.05, 4.69) is 23.9 Å². The number of methoxy groups -OCH3 is 1. The zero-order chi connectivity index (χ0) is 20.8. The molecule has 0 atom stereocenters. The quantitative estimate of drug-likeness (QED) is 0.238. The fraction of sp³-hybridized carbons (Fsp3) is 0.667. The number of ether oxygens (including phenoxy) is 1. The Balaban J connectivity index is 2.73. The van der Waals surface area contributed by atoms with Gasteiger partial charge >= 0.3 is 6.18 Å². The van der Waals surface area contributed by atoms with Crippen molar-refractivity contribution < 1.29 is 22.7 Å². The molecule has 0 N–H and O–H groups in total. The summed E-state index contributed by atoms with van der Waals surface area (Å²) >= 11 is 0. The van der Waals surface area contributed by atoms with Crippen molar-refractivity contribution in [3.8, 4) is 0 Å². The van der Waals surface area contributed by atoms with E-state index in [4.69, 9.17) is 9.57 Å². The van der Waals surface area contributed by atoms with Crippen LogP contribution >= 0.6 is 0 Å². The molecule has 4 nitrogen and oxygen atoms in total. The number of rotatable bonds is 14. The summed E-state index contributed by atoms with van der Waals surface area (Å²) in [4.78, 5) is 7.85. The molecule has 0 aliphatic rings. The molecule has 0 heterocycles. The van der Waals surface area contributed by atoms with E-state index in [-0.39, 0.29) is 0 Å². The second-order valence-electron chi connectivity index (χ2n) is 6.74. The molecule has 0 saturated heterocycles. The van der Waals surface area contributed by atoms with Crippen LogP contribution in [0.3, 0.4) is 0 Å². The molecule has 160 valence electrons. The van der Waals surface area contributed by atoms with Gasteiger partial charge in [0.1, 0.15) is 6.61 Å². The molecule has 0 unspecified atom stereocenters. The maximum Gasteiger partial charge on any atom is 0.416 e. The van der Waals surface area contributed by atoms with Gasteiger partial charge in [0, 0.05) is 20.3 Å². The van der Waals surface area contributed by atoms with E-state index >= 15 is 0 Å². The maximum absolute atomic E-state index is 12.8. The number of nitrogens with zero attached hydrogens (tertiary/aromatic N) is 2. The first kappa shape index (κ1) is 24.4. The standard InChI is InChI=1S/C21H33F3N2O2/c1-4-13-26(14-5-2)15-17-28-25-20(8-6-7-16-27-3)18-9-11-19(12-10-18)21(22,23)24/h9-12H,4-8,13-17H2,1-3H3. The molecule has 1 rings (SSSR count). The molecular formula is C21H33F3N2O2. The molecule has 0 aliphatic heterocycles. The van der Waals surface area contributed by atoms with E-state index < -0.39 is 11.7 Å². The lowest BCUT2D eigenvalue weighted by atomic mass is 10.0. The highest BCUT2D eigenvalue weighted by Crippen LogP contribution is 2.29. The summed E-state index contributed by atoms with van der Waals surface area (Å²) in [7, 11) is 1.65. The molecule has 0 bridgehead atoms. The Labute approximate surface area is 166 Å². The average molecular weight is 403 g/mol. The highest BCUT2D eigenvalue weighted by molar-refractivity contribution is 6.00. The predicted octanol–water partition coefficient (Wildman–Crippen LogP) is 5.36. The largest absolute Gasteiger partial charge is 0.416 e. The van der Waals surface area contributed by atoms with Crippen LogP contribution in [0.5, 0.6) is 0 Å². The van der Waals surface area contributed by atoms with Gasteiger partial charge in [-0.3, -0.25) is 4.90 Å². The molecule has 0 aromatic heterocycles. The summed E-state index contributed by atoms with van der Waals surface area (Å²) in [6.07, 6.45) is 0.139. The van der Waals surface area contributed by atoms with Crippen molar-refractivity contribution in [3.05, 3.63) is 35.4 Å². The van der Waals surface area contributed by atoms with Crippen LogP contribution in [0.4, 0.5) is 13.2 Å². The van der Waals surface area contributed by atoms with Crippen LogP contribution in [0.2, 0.25) is 0 Å². The molecule has 0 aliphatic carbocycles. The predicted molar refractivity (Wildman–Crippen MR) is 107 cm³/mol. The minimum Gasteiger partial charge on any atom is -0.394 e. The van der Waals surface area contributed by atoms with Crippen molar-refractivity contribution in [2.24, 2.45) is 5.16 Å². The molecule has 1 aromatic rings. The summed E-state index contributed by atoms with van der Waals surface area (Å²) in [5.41, 5.74) is 0.664. The molecule has 0 spiro atoms. The zero-order valence-electron chi connectivity index (χ0n) is 17.2. The van der Waals surface area contributed by atoms with E-state index in [9.17, 15) is 13.2 Å². The van der Waals surface area contributed by atoms with E-state index in [0.29, 0.717) is 30.9 Å². The van der Waals surface area contributed by atoms with Gasteiger partial charge in [-0.05, 0) is 62.9 Å². The van der Waals surface area contributed by atoms with E-state index in [1.165, 1.54) is 12.1 Å². The fourth-order valence-corrected chi connectivity index (χ4v) is 2.89. The molecule has 28 heavy (non-hydrogen) atoms. The lowest BCUT2D eigenvalue weighted by Crippen LogP contribution is -2.29. The molecular weight excluding hydrogens is 369 g/mol. The molecule has 0 radical (unpaired) electrons. The summed E-state index contributed by atoms with van der Waals surface area (Å²) in [6, 6.07) is 5.10. The normalized spacial score (nSPS) is 12.6. The smallest absolute Gasteiger partial charge is 0.394 e. The topological polar surface area (TPSA) is 34.1 Å². The molecule has 0 fully saturated rings. The summed E-state index contributed by atoms with van der Waals surface area (Å²) in [5, 5.41) is 4.24. The maximum atomic E-state index is 12.8. The van der Waals surface area contributed by atoms with Gasteiger partial charge in [0.25, 0.3) is 0 Å². The van der Waals surface area contributed by atoms with Gasteiger partial charge < -0.3 is 9.57 Å². The lowest BCUT2D eigenvalue weighted by Gasteiger charge is -2.20. The van der Waals surface area contributed by atoms with Crippen molar-refractivity contribution in [2.45, 2.75) is 52.1 Å². The van der Waals surface area contributed by atoms with Crippen LogP contribution in [-0.4, -0.2) is 50.6 Å². The number of alkyl halides is 3. The van der Waals surface area contributed by atoms with E-state index in [1.807, 2.05) is 0 Å². The first-order valence-electron chi connectivity index (χ1n) is 10.00. The van der Waals surface area contributed by atoms with Crippen LogP contribution < -0.4 is 0 Å². The van der Waals surface area contributed by atoms with Crippen molar-refractivity contribution in [1.29, 1.82) is 0 Å². The number of halogens is 3. The SMILES string of the molecule is CCCN(CCC)CCON=C(CCCCOC)c1ccc(C(F)(F)F)cc1. The molecule has 1 aromatic carbocycles. The Kier molecular flexibility index (Phi) is 11.8. The third kappa shape index (κ3) is 9.55. The van der Waals surface area contributed by atoms with Crippen molar-refractivity contribution in [3.63, 3.8) is 0 Å². The van der Waals surface area contributed by atoms with Gasteiger partial charge in [0.15, 0.2) is 0 Å². The van der Waals surface area contributed by atoms with E-state index in [1.54, 1.807) is 7.11 Å². The minimum absolute atomic E-state index is 0.461. The first-order chi connectivity index (χ1) is 13.4. The van der Waals surface area contributed by atoms with Crippen LogP contribution in [0.15, 0.2) is 29.4 Å². The number of benzene rings is 1. The summed E-state index contributed by atoms with van der Waals surface area (Å²) in [6.45, 7) is 8.21. The fourth-order valence-electron chi connectivity index (χ4n) is 2.89. The second kappa shape index (κ2) is 13.6. The van der Waals surface area contributed by atoms with Crippen molar-refractivity contribution in [2.75, 3.05) is 40.0 Å². The number of hydrogen-bond donors (Lipinski definition) is 0. The number of oxime groups is 1. The zero-order valence-corrected chi connectivity index (χ0v) is 17.2. The Morgan fingerprint density at radius 2 is 1.61 bits per heavy atom. The monoisotopic (exact) mass is 402 g/mol. The summed E-state index contributed by atoms with van der Waals surface area (Å²) in [5.74, 6) is 0. The summed E-state index contributed by atoms with van der Waals surface area (Å²) < 4.78 is 43.4. The Morgan fingerprint density at radius 1 is 0.964 bits per heavy atom. The Hall–Kier alpha value is -1.60. The Bertz CT molecular complexity index is 554. The van der Waals surface area contributed by atoms with Crippen molar-refractivity contribution in [1.82, 2.24) is 4.90 Å². The van der Waals surface area contributed by atoms with Crippen LogP contribution in [0.1, 0.15) is 57.1 Å². The third-order valence-corrected chi connectivity index (χ3v) is 4.31. The van der Waals surface area contributed by atoms with Gasteiger partial charge in [-0.1, -0.05) is 31.1 Å². The number of hydrogen-bond acceptors (Lipinski definition) is 4. The molecule has 0 saturated carbocycles. The number of unbranched alkanes of at least 4 members (excludes halogenated alkanes) is 1. The molecule has 0 amide bonds. The van der Waals surface area contributed by atoms with Gasteiger partial charge in [-0.25, -0.2) is 0 Å². The van der Waals surface area contributed by atoms with Gasteiger partial charge in [-0.15, -0.1) is 0 Å². The van der Waals surface area contributed by atoms with Crippen LogP contribution in [0, 0.1) is 0 Å². The molecule has 7 heteroatoms. The lowest BCUT2D eigenvalue weighted by molar-refractivity contribution is -0.137. The first-order valence-corrected chi connectivity index (χ1v) is 10.00. The average Bonchev–Trinajstić information content (AvgIpc) is 2.66. The van der Waals surface area contributed by atoms with E-state index in [0.717, 1.165) is 57.5 Å². The third-order valence-electron chi connectivity index (χ3n) is 4.31. The van der Waals surface area contributed by atoms with Gasteiger partial charge in [0.05, 0.1) is 11.3 Å². The van der Waals surface area contributed by atoms with Gasteiger partial charge in [0.2, 0.25) is 0 Å². The Morgan fingerprint density at radius 3 is 2.14 bits per heavy atom. The van der Waals surface area contributed by atoms with Crippen molar-refractivity contribution >= 4 is 5.71 Å². The highest BCUT2D eigenvalue weighted by Gasteiger charge is 2.30. The van der Waals surface area contributed by atoms with Crippen LogP contribution in [-0.2, 0) is 15.8 Å². The minimum atomic E-state index is -4.34. The van der Waals surface area contributed by atoms with Gasteiger partial charge in [-0.2, -0.15) is 13.2 Å².